The first-order chi connectivity index (χ1) is 8.63. The lowest BCUT2D eigenvalue weighted by Crippen LogP contribution is -2.28. The third-order valence-corrected chi connectivity index (χ3v) is 2.05. The molecule has 0 spiro atoms. The number of rotatable bonds is 4. The fraction of sp³-hybridized carbons (Fsp3) is 0.462. The monoisotopic (exact) mass is 258 g/mol. The summed E-state index contributed by atoms with van der Waals surface area (Å²) in [5.41, 5.74) is 5.68. The molecule has 0 unspecified atom stereocenters. The molecule has 1 amide bonds. The minimum absolute atomic E-state index is 0.0362. The summed E-state index contributed by atoms with van der Waals surface area (Å²) in [5, 5.41) is 2.56. The number of carbonyl (C=O) groups is 1. The van der Waals surface area contributed by atoms with Crippen LogP contribution in [0.3, 0.4) is 0 Å². The highest BCUT2D eigenvalue weighted by molar-refractivity contribution is 5.79. The third kappa shape index (κ3) is 6.30. The lowest BCUT2D eigenvalue weighted by molar-refractivity contribution is -0.120. The predicted molar refractivity (Wildman–Crippen MR) is 69.1 cm³/mol. The summed E-state index contributed by atoms with van der Waals surface area (Å²) in [4.78, 5) is 11.3. The summed E-state index contributed by atoms with van der Waals surface area (Å²) in [6.07, 6.45) is 4.12. The second kappa shape index (κ2) is 9.53. The average Bonchev–Trinajstić information content (AvgIpc) is 2.52. The number of hydrogen-bond acceptors (Lipinski definition) is 2. The van der Waals surface area contributed by atoms with E-state index in [1.165, 1.54) is 0 Å². The van der Waals surface area contributed by atoms with Crippen LogP contribution in [0.5, 0.6) is 0 Å². The summed E-state index contributed by atoms with van der Waals surface area (Å²) in [5.74, 6) is -2.06. The van der Waals surface area contributed by atoms with E-state index in [4.69, 9.17) is 5.73 Å². The summed E-state index contributed by atoms with van der Waals surface area (Å²) in [6.45, 7) is 4.73. The van der Waals surface area contributed by atoms with Crippen molar-refractivity contribution in [2.75, 3.05) is 13.1 Å². The van der Waals surface area contributed by atoms with Gasteiger partial charge < -0.3 is 11.1 Å². The van der Waals surface area contributed by atoms with Crippen molar-refractivity contribution in [1.82, 2.24) is 5.32 Å². The maximum Gasteiger partial charge on any atom is 0.224 e. The van der Waals surface area contributed by atoms with E-state index in [1.54, 1.807) is 6.08 Å². The maximum absolute atomic E-state index is 13.0. The Morgan fingerprint density at radius 3 is 2.61 bits per heavy atom. The summed E-state index contributed by atoms with van der Waals surface area (Å²) in [7, 11) is 0. The molecule has 0 aromatic heterocycles. The number of allylic oxidation sites excluding steroid dienone is 5. The van der Waals surface area contributed by atoms with E-state index in [1.807, 2.05) is 13.8 Å². The number of carbonyl (C=O) groups excluding carboxylic acids is 1. The average molecular weight is 258 g/mol. The molecule has 3 nitrogen and oxygen atoms in total. The molecule has 1 aliphatic carbocycles. The normalized spacial score (nSPS) is 14.4. The van der Waals surface area contributed by atoms with E-state index in [0.29, 0.717) is 18.7 Å². The van der Waals surface area contributed by atoms with Crippen LogP contribution in [0.15, 0.2) is 35.5 Å². The molecule has 5 heteroatoms. The zero-order chi connectivity index (χ0) is 14.0. The van der Waals surface area contributed by atoms with Crippen molar-refractivity contribution < 1.29 is 13.6 Å². The molecule has 0 aromatic carbocycles. The molecule has 0 aromatic rings. The fourth-order valence-corrected chi connectivity index (χ4v) is 1.28. The predicted octanol–water partition coefficient (Wildman–Crippen LogP) is 2.51. The van der Waals surface area contributed by atoms with Crippen LogP contribution in [0.2, 0.25) is 0 Å². The van der Waals surface area contributed by atoms with E-state index < -0.39 is 11.7 Å². The minimum atomic E-state index is -0.935. The molecular weight excluding hydrogens is 238 g/mol. The van der Waals surface area contributed by atoms with Gasteiger partial charge in [0.1, 0.15) is 0 Å². The van der Waals surface area contributed by atoms with Crippen LogP contribution in [0, 0.1) is 0 Å². The van der Waals surface area contributed by atoms with Gasteiger partial charge in [0.05, 0.1) is 6.42 Å². The summed E-state index contributed by atoms with van der Waals surface area (Å²) in [6, 6.07) is 0. The molecule has 0 saturated carbocycles. The fourth-order valence-electron chi connectivity index (χ4n) is 1.28. The molecule has 1 rings (SSSR count). The number of nitrogens with one attached hydrogen (secondary N) is 1. The van der Waals surface area contributed by atoms with Crippen LogP contribution < -0.4 is 11.1 Å². The topological polar surface area (TPSA) is 55.1 Å². The van der Waals surface area contributed by atoms with Gasteiger partial charge in [-0.25, -0.2) is 8.78 Å². The Labute approximate surface area is 106 Å². The number of halogens is 2. The maximum atomic E-state index is 13.0. The van der Waals surface area contributed by atoms with Crippen molar-refractivity contribution in [2.24, 2.45) is 5.73 Å². The first kappa shape index (κ1) is 16.5. The van der Waals surface area contributed by atoms with E-state index in [2.05, 4.69) is 5.32 Å². The van der Waals surface area contributed by atoms with Crippen LogP contribution >= 0.6 is 0 Å². The van der Waals surface area contributed by atoms with Crippen molar-refractivity contribution in [1.29, 1.82) is 0 Å². The largest absolute Gasteiger partial charge is 0.355 e. The Morgan fingerprint density at radius 1 is 1.33 bits per heavy atom. The molecule has 3 N–H and O–H groups in total. The highest BCUT2D eigenvalue weighted by Crippen LogP contribution is 2.21. The number of nitrogens with two attached hydrogens (primary N) is 1. The van der Waals surface area contributed by atoms with Crippen molar-refractivity contribution in [3.63, 3.8) is 0 Å². The Kier molecular flexibility index (Phi) is 8.74. The summed E-state index contributed by atoms with van der Waals surface area (Å²) < 4.78 is 25.8. The van der Waals surface area contributed by atoms with Gasteiger partial charge in [-0.3, -0.25) is 4.79 Å². The Bertz CT molecular complexity index is 360. The van der Waals surface area contributed by atoms with Gasteiger partial charge in [0, 0.05) is 13.1 Å². The van der Waals surface area contributed by atoms with Gasteiger partial charge in [-0.1, -0.05) is 19.9 Å². The third-order valence-electron chi connectivity index (χ3n) is 2.05. The molecule has 1 aliphatic rings. The van der Waals surface area contributed by atoms with Gasteiger partial charge >= 0.3 is 0 Å². The van der Waals surface area contributed by atoms with Crippen molar-refractivity contribution in [3.8, 4) is 0 Å². The van der Waals surface area contributed by atoms with Crippen LogP contribution in [-0.4, -0.2) is 19.0 Å². The zero-order valence-electron chi connectivity index (χ0n) is 10.8. The van der Waals surface area contributed by atoms with Gasteiger partial charge in [0.25, 0.3) is 0 Å². The minimum Gasteiger partial charge on any atom is -0.355 e. The smallest absolute Gasteiger partial charge is 0.224 e. The number of amides is 1. The van der Waals surface area contributed by atoms with Gasteiger partial charge in [-0.15, -0.1) is 0 Å². The lowest BCUT2D eigenvalue weighted by Gasteiger charge is -2.03. The van der Waals surface area contributed by atoms with E-state index in [0.717, 1.165) is 12.2 Å². The Balaban J connectivity index is 0.00000137. The Morgan fingerprint density at radius 2 is 2.00 bits per heavy atom. The van der Waals surface area contributed by atoms with Crippen molar-refractivity contribution in [3.05, 3.63) is 35.5 Å². The van der Waals surface area contributed by atoms with Crippen molar-refractivity contribution in [2.45, 2.75) is 26.7 Å². The van der Waals surface area contributed by atoms with Gasteiger partial charge in [0.2, 0.25) is 5.91 Å². The molecule has 18 heavy (non-hydrogen) atoms. The molecule has 102 valence electrons. The molecule has 0 radical (unpaired) electrons. The van der Waals surface area contributed by atoms with Crippen molar-refractivity contribution >= 4 is 5.91 Å². The lowest BCUT2D eigenvalue weighted by atomic mass is 10.1. The molecular formula is C13H20F2N2O. The first-order valence-corrected chi connectivity index (χ1v) is 6.02. The van der Waals surface area contributed by atoms with E-state index >= 15 is 0 Å². The quantitative estimate of drug-likeness (QED) is 0.814. The van der Waals surface area contributed by atoms with Crippen LogP contribution in [-0.2, 0) is 4.79 Å². The van der Waals surface area contributed by atoms with Gasteiger partial charge in [-0.05, 0) is 24.1 Å². The summed E-state index contributed by atoms with van der Waals surface area (Å²) >= 11 is 0. The first-order valence-electron chi connectivity index (χ1n) is 6.02. The van der Waals surface area contributed by atoms with Gasteiger partial charge in [-0.2, -0.15) is 0 Å². The standard InChI is InChI=1S/C11H14F2N2O.C2H6/c12-9-3-1-2-8(6-10(9)13)7-11(16)15-5-4-14;1-2/h2-3,6H,1,4-5,7,14H2,(H,15,16);1-2H3. The molecule has 0 aliphatic heterocycles. The highest BCUT2D eigenvalue weighted by atomic mass is 19.2. The Hall–Kier alpha value is -1.49. The molecule has 0 saturated heterocycles. The SMILES string of the molecule is CC.NCCNC(=O)CC1=CCC=C(F)C(F)=C1. The molecule has 0 atom stereocenters. The van der Waals surface area contributed by atoms with Crippen LogP contribution in [0.1, 0.15) is 26.7 Å². The molecule has 0 bridgehead atoms. The number of hydrogen-bond donors (Lipinski definition) is 2. The van der Waals surface area contributed by atoms with E-state index in [9.17, 15) is 13.6 Å². The second-order valence-corrected chi connectivity index (χ2v) is 3.37. The molecule has 0 fully saturated rings. The van der Waals surface area contributed by atoms with E-state index in [-0.39, 0.29) is 18.7 Å². The zero-order valence-corrected chi connectivity index (χ0v) is 10.8. The van der Waals surface area contributed by atoms with Gasteiger partial charge in [0.15, 0.2) is 11.7 Å². The molecule has 0 heterocycles. The van der Waals surface area contributed by atoms with Crippen LogP contribution in [0.25, 0.3) is 0 Å². The second-order valence-electron chi connectivity index (χ2n) is 3.37. The highest BCUT2D eigenvalue weighted by Gasteiger charge is 2.10. The van der Waals surface area contributed by atoms with Crippen LogP contribution in [0.4, 0.5) is 8.78 Å².